The predicted molar refractivity (Wildman–Crippen MR) is 94.4 cm³/mol. The molecule has 0 amide bonds. The number of thiocarbonyl (C=S) groups is 1. The summed E-state index contributed by atoms with van der Waals surface area (Å²) in [7, 11) is 0. The van der Waals surface area contributed by atoms with Gasteiger partial charge in [0.25, 0.3) is 0 Å². The molecule has 1 atom stereocenters. The second-order valence-electron chi connectivity index (χ2n) is 4.96. The second kappa shape index (κ2) is 6.51. The number of hydrogen-bond acceptors (Lipinski definition) is 3. The van der Waals surface area contributed by atoms with E-state index in [9.17, 15) is 8.78 Å². The number of halogens is 4. The number of hydrogen-bond donors (Lipinski definition) is 1. The summed E-state index contributed by atoms with van der Waals surface area (Å²) in [6.45, 7) is 0.231. The van der Waals surface area contributed by atoms with Crippen LogP contribution in [0.3, 0.4) is 0 Å². The molecule has 0 saturated carbocycles. The van der Waals surface area contributed by atoms with E-state index < -0.39 is 11.6 Å². The van der Waals surface area contributed by atoms with Gasteiger partial charge in [-0.2, -0.15) is 0 Å². The van der Waals surface area contributed by atoms with Gasteiger partial charge in [-0.15, -0.1) is 0 Å². The molecule has 2 aromatic carbocycles. The molecule has 1 heterocycles. The largest absolute Gasteiger partial charge is 0.376 e. The summed E-state index contributed by atoms with van der Waals surface area (Å²) in [5.74, 6) is -1.43. The van der Waals surface area contributed by atoms with E-state index in [2.05, 4.69) is 10.3 Å². The number of nitrogens with one attached hydrogen (secondary N) is 1. The highest BCUT2D eigenvalue weighted by Crippen LogP contribution is 2.36. The van der Waals surface area contributed by atoms with E-state index in [4.69, 9.17) is 35.4 Å². The van der Waals surface area contributed by atoms with Gasteiger partial charge < -0.3 is 5.32 Å². The number of fused-ring (bicyclic) bond motifs is 1. The lowest BCUT2D eigenvalue weighted by molar-refractivity contribution is 0.579. The van der Waals surface area contributed by atoms with Crippen molar-refractivity contribution >= 4 is 52.2 Å². The van der Waals surface area contributed by atoms with Crippen LogP contribution >= 0.6 is 35.4 Å². The molecule has 2 aromatic rings. The summed E-state index contributed by atoms with van der Waals surface area (Å²) < 4.78 is 28.5. The number of rotatable bonds is 2. The standard InChI is InChI=1S/C16H10Cl2F2N2S/c17-9-4-5-12-14(15(9)18)16(21-6-8(7-23)22-12)13-10(19)2-1-3-11(13)20/h1-5,7-8,22H,6H2. The monoisotopic (exact) mass is 370 g/mol. The van der Waals surface area contributed by atoms with E-state index in [1.54, 1.807) is 12.1 Å². The Kier molecular flexibility index (Phi) is 4.62. The second-order valence-corrected chi connectivity index (χ2v) is 6.01. The number of anilines is 1. The Balaban J connectivity index is 2.31. The van der Waals surface area contributed by atoms with Gasteiger partial charge in [-0.3, -0.25) is 4.99 Å². The van der Waals surface area contributed by atoms with Crippen molar-refractivity contribution in [2.75, 3.05) is 11.9 Å². The van der Waals surface area contributed by atoms with E-state index in [-0.39, 0.29) is 33.9 Å². The van der Waals surface area contributed by atoms with Gasteiger partial charge in [0.05, 0.1) is 33.9 Å². The van der Waals surface area contributed by atoms with Crippen LogP contribution in [0.25, 0.3) is 0 Å². The molecule has 2 nitrogen and oxygen atoms in total. The smallest absolute Gasteiger partial charge is 0.135 e. The van der Waals surface area contributed by atoms with E-state index in [0.29, 0.717) is 11.3 Å². The Labute approximate surface area is 147 Å². The van der Waals surface area contributed by atoms with Gasteiger partial charge in [0.1, 0.15) is 11.6 Å². The molecular formula is C16H10Cl2F2N2S. The fraction of sp³-hybridized carbons (Fsp3) is 0.125. The van der Waals surface area contributed by atoms with Crippen molar-refractivity contribution in [3.05, 3.63) is 63.1 Å². The summed E-state index contributed by atoms with van der Waals surface area (Å²) in [6, 6.07) is 6.69. The Morgan fingerprint density at radius 1 is 1.13 bits per heavy atom. The van der Waals surface area contributed by atoms with Crippen molar-refractivity contribution in [1.82, 2.24) is 0 Å². The van der Waals surface area contributed by atoms with Gasteiger partial charge in [0.2, 0.25) is 0 Å². The van der Waals surface area contributed by atoms with Crippen molar-refractivity contribution in [1.29, 1.82) is 0 Å². The van der Waals surface area contributed by atoms with Crippen LogP contribution in [0, 0.1) is 11.6 Å². The number of aliphatic imine (C=N–C) groups is 1. The van der Waals surface area contributed by atoms with E-state index in [1.165, 1.54) is 23.6 Å². The summed E-state index contributed by atoms with van der Waals surface area (Å²) in [5.41, 5.74) is 0.826. The maximum atomic E-state index is 14.2. The SMILES string of the molecule is Fc1cccc(F)c1C1=NCC(C=S)Nc2ccc(Cl)c(Cl)c21. The third-order valence-electron chi connectivity index (χ3n) is 3.48. The number of benzene rings is 2. The molecule has 0 spiro atoms. The van der Waals surface area contributed by atoms with E-state index in [1.807, 2.05) is 0 Å². The molecule has 0 saturated heterocycles. The molecule has 1 unspecified atom stereocenters. The molecule has 0 radical (unpaired) electrons. The van der Waals surface area contributed by atoms with Crippen LogP contribution in [0.2, 0.25) is 10.0 Å². The van der Waals surface area contributed by atoms with Crippen LogP contribution in [-0.4, -0.2) is 23.7 Å². The van der Waals surface area contributed by atoms with Crippen LogP contribution in [0.5, 0.6) is 0 Å². The highest BCUT2D eigenvalue weighted by molar-refractivity contribution is 7.79. The van der Waals surface area contributed by atoms with Gasteiger partial charge in [0.15, 0.2) is 0 Å². The van der Waals surface area contributed by atoms with Crippen molar-refractivity contribution in [2.45, 2.75) is 6.04 Å². The lowest BCUT2D eigenvalue weighted by atomic mass is 9.99. The van der Waals surface area contributed by atoms with Crippen LogP contribution in [0.4, 0.5) is 14.5 Å². The summed E-state index contributed by atoms with van der Waals surface area (Å²) >= 11 is 17.3. The third kappa shape index (κ3) is 2.96. The minimum Gasteiger partial charge on any atom is -0.376 e. The first-order valence-corrected chi connectivity index (χ1v) is 7.94. The van der Waals surface area contributed by atoms with Crippen LogP contribution in [0.1, 0.15) is 11.1 Å². The molecule has 1 aliphatic heterocycles. The van der Waals surface area contributed by atoms with Crippen molar-refractivity contribution < 1.29 is 8.78 Å². The van der Waals surface area contributed by atoms with Gasteiger partial charge in [-0.25, -0.2) is 8.78 Å². The molecule has 0 fully saturated rings. The van der Waals surface area contributed by atoms with Crippen molar-refractivity contribution in [3.8, 4) is 0 Å². The fourth-order valence-corrected chi connectivity index (χ4v) is 2.99. The van der Waals surface area contributed by atoms with E-state index in [0.717, 1.165) is 0 Å². The normalized spacial score (nSPS) is 16.9. The zero-order chi connectivity index (χ0) is 16.6. The average Bonchev–Trinajstić information content (AvgIpc) is 2.71. The highest BCUT2D eigenvalue weighted by Gasteiger charge is 2.26. The van der Waals surface area contributed by atoms with E-state index >= 15 is 0 Å². The molecule has 0 bridgehead atoms. The third-order valence-corrected chi connectivity index (χ3v) is 4.62. The molecular weight excluding hydrogens is 361 g/mol. The van der Waals surface area contributed by atoms with Crippen molar-refractivity contribution in [2.24, 2.45) is 4.99 Å². The fourth-order valence-electron chi connectivity index (χ4n) is 2.42. The van der Waals surface area contributed by atoms with Gasteiger partial charge in [-0.05, 0) is 24.3 Å². The molecule has 1 N–H and O–H groups in total. The predicted octanol–water partition coefficient (Wildman–Crippen LogP) is 4.90. The lowest BCUT2D eigenvalue weighted by Gasteiger charge is -2.16. The summed E-state index contributed by atoms with van der Waals surface area (Å²) in [6.07, 6.45) is 0. The topological polar surface area (TPSA) is 24.4 Å². The Morgan fingerprint density at radius 3 is 2.48 bits per heavy atom. The minimum absolute atomic E-state index is 0.120. The van der Waals surface area contributed by atoms with Gasteiger partial charge >= 0.3 is 0 Å². The van der Waals surface area contributed by atoms with Crippen LogP contribution in [0.15, 0.2) is 35.3 Å². The molecule has 7 heteroatoms. The van der Waals surface area contributed by atoms with Gasteiger partial charge in [-0.1, -0.05) is 41.5 Å². The number of benzodiazepines with no additional fused rings is 1. The maximum Gasteiger partial charge on any atom is 0.135 e. The maximum absolute atomic E-state index is 14.2. The zero-order valence-corrected chi connectivity index (χ0v) is 13.9. The zero-order valence-electron chi connectivity index (χ0n) is 11.6. The number of nitrogens with zero attached hydrogens (tertiary/aromatic N) is 1. The molecule has 1 aliphatic rings. The van der Waals surface area contributed by atoms with Crippen molar-refractivity contribution in [3.63, 3.8) is 0 Å². The first-order chi connectivity index (χ1) is 11.0. The Hall–Kier alpha value is -1.56. The molecule has 23 heavy (non-hydrogen) atoms. The lowest BCUT2D eigenvalue weighted by Crippen LogP contribution is -2.22. The Morgan fingerprint density at radius 2 is 1.83 bits per heavy atom. The molecule has 0 aliphatic carbocycles. The average molecular weight is 371 g/mol. The summed E-state index contributed by atoms with van der Waals surface area (Å²) in [4.78, 5) is 4.34. The quantitative estimate of drug-likeness (QED) is 0.760. The van der Waals surface area contributed by atoms with Crippen LogP contribution < -0.4 is 5.32 Å². The molecule has 118 valence electrons. The summed E-state index contributed by atoms with van der Waals surface area (Å²) in [5, 5.41) is 5.12. The first-order valence-electron chi connectivity index (χ1n) is 6.72. The highest BCUT2D eigenvalue weighted by atomic mass is 35.5. The first kappa shape index (κ1) is 16.3. The Bertz CT molecular complexity index is 804. The minimum atomic E-state index is -0.716. The van der Waals surface area contributed by atoms with Crippen LogP contribution in [-0.2, 0) is 0 Å². The molecule has 3 rings (SSSR count). The van der Waals surface area contributed by atoms with Gasteiger partial charge in [0, 0.05) is 16.6 Å². The molecule has 0 aromatic heterocycles.